The SMILES string of the molecule is Cc1ccc(NC(=O)n2c(C#CC3=CCCCC3)cc3ccccc32)cc1. The fourth-order valence-corrected chi connectivity index (χ4v) is 3.38. The molecule has 4 rings (SSSR count). The Bertz CT molecular complexity index is 1080. The van der Waals surface area contributed by atoms with Gasteiger partial charge in [0.1, 0.15) is 5.69 Å². The van der Waals surface area contributed by atoms with Crippen LogP contribution in [0, 0.1) is 18.8 Å². The second kappa shape index (κ2) is 7.55. The Morgan fingerprint density at radius 2 is 1.85 bits per heavy atom. The number of carbonyl (C=O) groups excluding carboxylic acids is 1. The van der Waals surface area contributed by atoms with E-state index >= 15 is 0 Å². The number of nitrogens with one attached hydrogen (secondary N) is 1. The van der Waals surface area contributed by atoms with Crippen molar-refractivity contribution >= 4 is 22.6 Å². The minimum Gasteiger partial charge on any atom is -0.307 e. The normalized spacial score (nSPS) is 13.6. The quantitative estimate of drug-likeness (QED) is 0.544. The zero-order valence-corrected chi connectivity index (χ0v) is 15.5. The van der Waals surface area contributed by atoms with Crippen molar-refractivity contribution in [1.82, 2.24) is 4.57 Å². The number of aryl methyl sites for hydroxylation is 1. The first-order valence-corrected chi connectivity index (χ1v) is 9.40. The molecule has 1 N–H and O–H groups in total. The first-order valence-electron chi connectivity index (χ1n) is 9.40. The molecule has 0 saturated carbocycles. The predicted octanol–water partition coefficient (Wildman–Crippen LogP) is 5.88. The maximum Gasteiger partial charge on any atom is 0.331 e. The van der Waals surface area contributed by atoms with E-state index < -0.39 is 0 Å². The fraction of sp³-hybridized carbons (Fsp3) is 0.208. The van der Waals surface area contributed by atoms with Gasteiger partial charge in [-0.05, 0) is 68.4 Å². The number of anilines is 1. The van der Waals surface area contributed by atoms with E-state index in [0.29, 0.717) is 5.69 Å². The predicted molar refractivity (Wildman–Crippen MR) is 111 cm³/mol. The van der Waals surface area contributed by atoms with Gasteiger partial charge in [-0.15, -0.1) is 0 Å². The van der Waals surface area contributed by atoms with Crippen molar-refractivity contribution in [1.29, 1.82) is 0 Å². The van der Waals surface area contributed by atoms with E-state index in [1.165, 1.54) is 18.4 Å². The highest BCUT2D eigenvalue weighted by Gasteiger charge is 2.14. The van der Waals surface area contributed by atoms with Gasteiger partial charge in [-0.25, -0.2) is 4.79 Å². The summed E-state index contributed by atoms with van der Waals surface area (Å²) in [6, 6.07) is 17.5. The van der Waals surface area contributed by atoms with Gasteiger partial charge in [-0.2, -0.15) is 0 Å². The molecule has 0 bridgehead atoms. The number of aromatic nitrogens is 1. The number of fused-ring (bicyclic) bond motifs is 1. The van der Waals surface area contributed by atoms with E-state index in [-0.39, 0.29) is 6.03 Å². The number of allylic oxidation sites excluding steroid dienone is 2. The molecule has 134 valence electrons. The molecule has 2 aromatic carbocycles. The average Bonchev–Trinajstić information content (AvgIpc) is 3.07. The lowest BCUT2D eigenvalue weighted by Crippen LogP contribution is -2.20. The fourth-order valence-electron chi connectivity index (χ4n) is 3.38. The summed E-state index contributed by atoms with van der Waals surface area (Å²) >= 11 is 0. The molecule has 3 heteroatoms. The summed E-state index contributed by atoms with van der Waals surface area (Å²) in [6.45, 7) is 2.03. The van der Waals surface area contributed by atoms with Gasteiger partial charge in [0.05, 0.1) is 5.52 Å². The molecule has 3 nitrogen and oxygen atoms in total. The molecular weight excluding hydrogens is 332 g/mol. The molecule has 0 spiro atoms. The minimum absolute atomic E-state index is 0.193. The van der Waals surface area contributed by atoms with Crippen molar-refractivity contribution in [3.05, 3.63) is 77.5 Å². The first-order chi connectivity index (χ1) is 13.2. The van der Waals surface area contributed by atoms with Crippen LogP contribution >= 0.6 is 0 Å². The standard InChI is InChI=1S/C24H22N2O/c1-18-11-14-21(15-12-18)25-24(27)26-22(16-13-19-7-3-2-4-8-19)17-20-9-5-6-10-23(20)26/h5-7,9-12,14-15,17H,2-4,8H2,1H3,(H,25,27). The largest absolute Gasteiger partial charge is 0.331 e. The third-order valence-electron chi connectivity index (χ3n) is 4.86. The number of hydrogen-bond donors (Lipinski definition) is 1. The van der Waals surface area contributed by atoms with Crippen LogP contribution in [-0.2, 0) is 0 Å². The van der Waals surface area contributed by atoms with Crippen LogP contribution in [0.15, 0.2) is 66.2 Å². The van der Waals surface area contributed by atoms with Crippen LogP contribution < -0.4 is 5.32 Å². The molecule has 1 aliphatic rings. The first kappa shape index (κ1) is 17.2. The zero-order valence-electron chi connectivity index (χ0n) is 15.5. The molecule has 1 amide bonds. The molecule has 1 heterocycles. The molecule has 27 heavy (non-hydrogen) atoms. The van der Waals surface area contributed by atoms with Gasteiger partial charge in [0.25, 0.3) is 0 Å². The summed E-state index contributed by atoms with van der Waals surface area (Å²) in [4.78, 5) is 13.0. The van der Waals surface area contributed by atoms with E-state index in [4.69, 9.17) is 0 Å². The molecule has 1 aliphatic carbocycles. The Labute approximate surface area is 159 Å². The van der Waals surface area contributed by atoms with Crippen molar-refractivity contribution in [3.63, 3.8) is 0 Å². The Hall–Kier alpha value is -3.25. The lowest BCUT2D eigenvalue weighted by molar-refractivity contribution is 0.254. The Balaban J connectivity index is 1.71. The molecule has 0 atom stereocenters. The summed E-state index contributed by atoms with van der Waals surface area (Å²) in [5.41, 5.74) is 4.69. The molecule has 3 aromatic rings. The number of rotatable bonds is 1. The molecule has 0 unspecified atom stereocenters. The van der Waals surface area contributed by atoms with Crippen molar-refractivity contribution in [3.8, 4) is 11.8 Å². The van der Waals surface area contributed by atoms with Gasteiger partial charge in [-0.1, -0.05) is 47.9 Å². The number of nitrogens with zero attached hydrogens (tertiary/aromatic N) is 1. The minimum atomic E-state index is -0.193. The summed E-state index contributed by atoms with van der Waals surface area (Å²) in [6.07, 6.45) is 6.78. The maximum absolute atomic E-state index is 13.0. The Kier molecular flexibility index (Phi) is 4.80. The highest BCUT2D eigenvalue weighted by Crippen LogP contribution is 2.21. The Morgan fingerprint density at radius 3 is 2.63 bits per heavy atom. The summed E-state index contributed by atoms with van der Waals surface area (Å²) in [7, 11) is 0. The smallest absolute Gasteiger partial charge is 0.307 e. The van der Waals surface area contributed by atoms with E-state index in [0.717, 1.165) is 35.0 Å². The van der Waals surface area contributed by atoms with E-state index in [9.17, 15) is 4.79 Å². The van der Waals surface area contributed by atoms with Crippen LogP contribution in [0.3, 0.4) is 0 Å². The highest BCUT2D eigenvalue weighted by molar-refractivity contribution is 6.00. The van der Waals surface area contributed by atoms with Crippen LogP contribution in [0.2, 0.25) is 0 Å². The van der Waals surface area contributed by atoms with Crippen molar-refractivity contribution in [2.45, 2.75) is 32.6 Å². The van der Waals surface area contributed by atoms with Crippen LogP contribution in [0.4, 0.5) is 10.5 Å². The van der Waals surface area contributed by atoms with Crippen molar-refractivity contribution < 1.29 is 4.79 Å². The summed E-state index contributed by atoms with van der Waals surface area (Å²) in [5, 5.41) is 4.00. The third kappa shape index (κ3) is 3.80. The van der Waals surface area contributed by atoms with Crippen LogP contribution in [-0.4, -0.2) is 10.6 Å². The van der Waals surface area contributed by atoms with Gasteiger partial charge in [0.15, 0.2) is 0 Å². The lowest BCUT2D eigenvalue weighted by Gasteiger charge is -2.09. The highest BCUT2D eigenvalue weighted by atomic mass is 16.2. The molecule has 0 saturated heterocycles. The summed E-state index contributed by atoms with van der Waals surface area (Å²) < 4.78 is 1.67. The van der Waals surface area contributed by atoms with Gasteiger partial charge >= 0.3 is 6.03 Å². The molecule has 0 fully saturated rings. The van der Waals surface area contributed by atoms with Crippen molar-refractivity contribution in [2.24, 2.45) is 0 Å². The number of para-hydroxylation sites is 1. The second-order valence-electron chi connectivity index (χ2n) is 6.95. The van der Waals surface area contributed by atoms with Crippen molar-refractivity contribution in [2.75, 3.05) is 5.32 Å². The van der Waals surface area contributed by atoms with E-state index in [2.05, 4.69) is 23.2 Å². The Morgan fingerprint density at radius 1 is 1.04 bits per heavy atom. The van der Waals surface area contributed by atoms with Crippen LogP contribution in [0.1, 0.15) is 36.9 Å². The lowest BCUT2D eigenvalue weighted by atomic mass is 10.00. The monoisotopic (exact) mass is 354 g/mol. The number of hydrogen-bond acceptors (Lipinski definition) is 1. The molecular formula is C24H22N2O. The average molecular weight is 354 g/mol. The van der Waals surface area contributed by atoms with Gasteiger partial charge < -0.3 is 5.32 Å². The topological polar surface area (TPSA) is 34.0 Å². The van der Waals surface area contributed by atoms with E-state index in [1.807, 2.05) is 61.5 Å². The molecule has 1 aromatic heterocycles. The molecule has 0 radical (unpaired) electrons. The second-order valence-corrected chi connectivity index (χ2v) is 6.95. The van der Waals surface area contributed by atoms with Crippen LogP contribution in [0.5, 0.6) is 0 Å². The van der Waals surface area contributed by atoms with E-state index in [1.54, 1.807) is 4.57 Å². The number of carbonyl (C=O) groups is 1. The third-order valence-corrected chi connectivity index (χ3v) is 4.86. The van der Waals surface area contributed by atoms with Gasteiger partial charge in [0.2, 0.25) is 0 Å². The van der Waals surface area contributed by atoms with Gasteiger partial charge in [-0.3, -0.25) is 4.57 Å². The number of benzene rings is 2. The number of amides is 1. The maximum atomic E-state index is 13.0. The van der Waals surface area contributed by atoms with Crippen LogP contribution in [0.25, 0.3) is 10.9 Å². The summed E-state index contributed by atoms with van der Waals surface area (Å²) in [5.74, 6) is 6.51. The molecule has 0 aliphatic heterocycles. The zero-order chi connectivity index (χ0) is 18.6. The van der Waals surface area contributed by atoms with Gasteiger partial charge in [0, 0.05) is 11.1 Å².